The highest BCUT2D eigenvalue weighted by Crippen LogP contribution is 2.02. The van der Waals surface area contributed by atoms with Crippen molar-refractivity contribution in [3.8, 4) is 0 Å². The summed E-state index contributed by atoms with van der Waals surface area (Å²) in [6.45, 7) is 5.94. The highest BCUT2D eigenvalue weighted by atomic mass is 32.1. The van der Waals surface area contributed by atoms with Crippen LogP contribution in [0.2, 0.25) is 6.32 Å². The lowest BCUT2D eigenvalue weighted by molar-refractivity contribution is 0.192. The highest BCUT2D eigenvalue weighted by molar-refractivity contribution is 7.80. The number of rotatable bonds is 10. The number of unbranched alkanes of at least 4 members (excludes halogenated alkanes) is 2. The van der Waals surface area contributed by atoms with Gasteiger partial charge in [0.2, 0.25) is 0 Å². The third-order valence-corrected chi connectivity index (χ3v) is 2.23. The summed E-state index contributed by atoms with van der Waals surface area (Å²) in [5, 5.41) is 0. The fraction of sp³-hybridized carbons (Fsp3) is 1.00. The summed E-state index contributed by atoms with van der Waals surface area (Å²) in [5.74, 6) is 0.822. The third kappa shape index (κ3) is 8.91. The van der Waals surface area contributed by atoms with E-state index in [1.54, 1.807) is 0 Å². The van der Waals surface area contributed by atoms with Crippen molar-refractivity contribution in [1.29, 1.82) is 0 Å². The molecule has 0 rings (SSSR count). The summed E-state index contributed by atoms with van der Waals surface area (Å²) >= 11 is 4.19. The summed E-state index contributed by atoms with van der Waals surface area (Å²) in [6, 6.07) is 0. The molecular formula is C10H23BO2S. The molecule has 0 aliphatic heterocycles. The molecule has 0 radical (unpaired) electrons. The smallest absolute Gasteiger partial charge is 0.411 e. The molecule has 2 nitrogen and oxygen atoms in total. The third-order valence-electron chi connectivity index (χ3n) is 1.97. The van der Waals surface area contributed by atoms with Crippen LogP contribution in [0.15, 0.2) is 0 Å². The van der Waals surface area contributed by atoms with Gasteiger partial charge in [0, 0.05) is 13.2 Å². The van der Waals surface area contributed by atoms with Crippen molar-refractivity contribution in [3.63, 3.8) is 0 Å². The summed E-state index contributed by atoms with van der Waals surface area (Å²) in [6.07, 6.45) is 5.45. The maximum Gasteiger partial charge on any atom is 0.457 e. The van der Waals surface area contributed by atoms with Gasteiger partial charge in [-0.15, -0.1) is 0 Å². The molecule has 0 aromatic rings. The average molecular weight is 218 g/mol. The van der Waals surface area contributed by atoms with E-state index in [0.717, 1.165) is 38.1 Å². The zero-order chi connectivity index (χ0) is 10.6. The van der Waals surface area contributed by atoms with Crippen LogP contribution in [0.3, 0.4) is 0 Å². The monoisotopic (exact) mass is 218 g/mol. The van der Waals surface area contributed by atoms with Crippen molar-refractivity contribution >= 4 is 19.7 Å². The van der Waals surface area contributed by atoms with Crippen LogP contribution in [0.1, 0.15) is 39.5 Å². The normalized spacial score (nSPS) is 10.5. The molecule has 14 heavy (non-hydrogen) atoms. The van der Waals surface area contributed by atoms with Gasteiger partial charge < -0.3 is 9.31 Å². The number of thiol groups is 1. The molecule has 0 fully saturated rings. The van der Waals surface area contributed by atoms with Crippen LogP contribution >= 0.6 is 12.6 Å². The van der Waals surface area contributed by atoms with Gasteiger partial charge in [-0.25, -0.2) is 0 Å². The fourth-order valence-electron chi connectivity index (χ4n) is 1.04. The lowest BCUT2D eigenvalue weighted by Gasteiger charge is -2.13. The molecule has 0 aromatic heterocycles. The molecule has 0 bridgehead atoms. The minimum absolute atomic E-state index is 0.0365. The molecule has 0 spiro atoms. The zero-order valence-corrected chi connectivity index (χ0v) is 10.4. The van der Waals surface area contributed by atoms with E-state index < -0.39 is 0 Å². The molecule has 0 aliphatic carbocycles. The Labute approximate surface area is 94.3 Å². The predicted octanol–water partition coefficient (Wildman–Crippen LogP) is 3.04. The Balaban J connectivity index is 3.44. The van der Waals surface area contributed by atoms with Gasteiger partial charge in [-0.2, -0.15) is 12.6 Å². The van der Waals surface area contributed by atoms with E-state index in [-0.39, 0.29) is 7.12 Å². The van der Waals surface area contributed by atoms with Crippen molar-refractivity contribution in [2.75, 3.05) is 19.0 Å². The Morgan fingerprint density at radius 2 is 1.50 bits per heavy atom. The highest BCUT2D eigenvalue weighted by Gasteiger charge is 2.15. The second-order valence-corrected chi connectivity index (χ2v) is 3.84. The van der Waals surface area contributed by atoms with Crippen LogP contribution in [-0.2, 0) is 9.31 Å². The van der Waals surface area contributed by atoms with Crippen molar-refractivity contribution in [2.24, 2.45) is 0 Å². The molecule has 0 N–H and O–H groups in total. The molecule has 84 valence electrons. The molecule has 0 saturated carbocycles. The molecule has 0 unspecified atom stereocenters. The fourth-order valence-corrected chi connectivity index (χ4v) is 1.25. The molecular weight excluding hydrogens is 195 g/mol. The topological polar surface area (TPSA) is 18.5 Å². The zero-order valence-electron chi connectivity index (χ0n) is 9.50. The molecule has 0 amide bonds. The van der Waals surface area contributed by atoms with Crippen molar-refractivity contribution < 1.29 is 9.31 Å². The van der Waals surface area contributed by atoms with Crippen LogP contribution in [0.4, 0.5) is 0 Å². The minimum atomic E-state index is -0.0365. The Bertz CT molecular complexity index is 104. The van der Waals surface area contributed by atoms with Crippen LogP contribution in [0, 0.1) is 0 Å². The van der Waals surface area contributed by atoms with E-state index in [4.69, 9.17) is 9.31 Å². The minimum Gasteiger partial charge on any atom is -0.411 e. The van der Waals surface area contributed by atoms with Gasteiger partial charge in [0.25, 0.3) is 0 Å². The summed E-state index contributed by atoms with van der Waals surface area (Å²) in [5.41, 5.74) is 0. The molecule has 4 heteroatoms. The van der Waals surface area contributed by atoms with Crippen LogP contribution < -0.4 is 0 Å². The van der Waals surface area contributed by atoms with E-state index in [1.807, 2.05) is 0 Å². The van der Waals surface area contributed by atoms with Gasteiger partial charge in [0.05, 0.1) is 0 Å². The first-order valence-corrected chi connectivity index (χ1v) is 6.32. The van der Waals surface area contributed by atoms with Gasteiger partial charge in [-0.1, -0.05) is 26.7 Å². The maximum atomic E-state index is 5.60. The van der Waals surface area contributed by atoms with Crippen molar-refractivity contribution in [3.05, 3.63) is 0 Å². The van der Waals surface area contributed by atoms with Crippen molar-refractivity contribution in [1.82, 2.24) is 0 Å². The number of hydrogen-bond acceptors (Lipinski definition) is 3. The van der Waals surface area contributed by atoms with E-state index in [0.29, 0.717) is 0 Å². The van der Waals surface area contributed by atoms with Gasteiger partial charge in [0.1, 0.15) is 0 Å². The van der Waals surface area contributed by atoms with Crippen LogP contribution in [-0.4, -0.2) is 26.1 Å². The first-order chi connectivity index (χ1) is 6.85. The van der Waals surface area contributed by atoms with Gasteiger partial charge in [0.15, 0.2) is 0 Å². The summed E-state index contributed by atoms with van der Waals surface area (Å²) in [7, 11) is -0.0365. The SMILES string of the molecule is CCCCOB(CCS)OCCCC. The standard InChI is InChI=1S/C10H23BO2S/c1-3-5-8-12-11(7-10-14)13-9-6-4-2/h14H,3-10H2,1-2H3. The summed E-state index contributed by atoms with van der Waals surface area (Å²) in [4.78, 5) is 0. The predicted molar refractivity (Wildman–Crippen MR) is 66.1 cm³/mol. The van der Waals surface area contributed by atoms with E-state index >= 15 is 0 Å². The number of hydrogen-bond donors (Lipinski definition) is 1. The second-order valence-electron chi connectivity index (χ2n) is 3.39. The Morgan fingerprint density at radius 3 is 1.86 bits per heavy atom. The molecule has 0 saturated heterocycles. The first-order valence-electron chi connectivity index (χ1n) is 5.69. The second kappa shape index (κ2) is 11.4. The maximum absolute atomic E-state index is 5.60. The summed E-state index contributed by atoms with van der Waals surface area (Å²) < 4.78 is 11.2. The molecule has 0 aliphatic rings. The van der Waals surface area contributed by atoms with Crippen LogP contribution in [0.5, 0.6) is 0 Å². The lowest BCUT2D eigenvalue weighted by Crippen LogP contribution is -2.24. The Morgan fingerprint density at radius 1 is 1.00 bits per heavy atom. The van der Waals surface area contributed by atoms with E-state index in [2.05, 4.69) is 26.5 Å². The van der Waals surface area contributed by atoms with Gasteiger partial charge >= 0.3 is 7.12 Å². The van der Waals surface area contributed by atoms with E-state index in [9.17, 15) is 0 Å². The largest absolute Gasteiger partial charge is 0.457 e. The quantitative estimate of drug-likeness (QED) is 0.345. The Kier molecular flexibility index (Phi) is 11.7. The van der Waals surface area contributed by atoms with E-state index in [1.165, 1.54) is 12.8 Å². The average Bonchev–Trinajstić information content (AvgIpc) is 2.18. The molecule has 0 heterocycles. The lowest BCUT2D eigenvalue weighted by atomic mass is 9.85. The van der Waals surface area contributed by atoms with Gasteiger partial charge in [-0.3, -0.25) is 0 Å². The molecule has 0 atom stereocenters. The van der Waals surface area contributed by atoms with Crippen LogP contribution in [0.25, 0.3) is 0 Å². The first kappa shape index (κ1) is 14.3. The van der Waals surface area contributed by atoms with Gasteiger partial charge in [-0.05, 0) is 24.9 Å². The van der Waals surface area contributed by atoms with Crippen molar-refractivity contribution in [2.45, 2.75) is 45.9 Å². The molecule has 0 aromatic carbocycles. The Hall–Kier alpha value is 0.335.